The maximum Gasteiger partial charge on any atom is 0.306 e. The summed E-state index contributed by atoms with van der Waals surface area (Å²) in [6, 6.07) is 0. The maximum absolute atomic E-state index is 12.6. The minimum Gasteiger partial charge on any atom is -0.462 e. The van der Waals surface area contributed by atoms with Crippen LogP contribution in [0.1, 0.15) is 104 Å². The monoisotopic (exact) mass is 430 g/mol. The molecule has 0 unspecified atom stereocenters. The van der Waals surface area contributed by atoms with Crippen molar-refractivity contribution < 1.29 is 19.4 Å². The fraction of sp³-hybridized carbons (Fsp3) is 0.852. The molecular formula is C27H42O4. The van der Waals surface area contributed by atoms with Gasteiger partial charge >= 0.3 is 5.97 Å². The van der Waals surface area contributed by atoms with Crippen molar-refractivity contribution in [3.63, 3.8) is 0 Å². The second-order valence-electron chi connectivity index (χ2n) is 11.4. The van der Waals surface area contributed by atoms with E-state index in [4.69, 9.17) is 4.74 Å². The summed E-state index contributed by atoms with van der Waals surface area (Å²) in [5.74, 6) is 1.28. The molecule has 0 aromatic carbocycles. The van der Waals surface area contributed by atoms with Crippen LogP contribution in [0.4, 0.5) is 0 Å². The van der Waals surface area contributed by atoms with Gasteiger partial charge in [0.2, 0.25) is 0 Å². The topological polar surface area (TPSA) is 63.6 Å². The molecule has 4 aliphatic carbocycles. The van der Waals surface area contributed by atoms with Crippen molar-refractivity contribution in [3.8, 4) is 0 Å². The van der Waals surface area contributed by atoms with Crippen molar-refractivity contribution in [1.82, 2.24) is 0 Å². The Labute approximate surface area is 188 Å². The number of rotatable bonds is 7. The van der Waals surface area contributed by atoms with E-state index >= 15 is 0 Å². The number of carbonyl (C=O) groups is 2. The molecule has 0 radical (unpaired) electrons. The number of aliphatic hydroxyl groups excluding tert-OH is 1. The molecule has 4 rings (SSSR count). The number of unbranched alkanes of at least 4 members (excludes halogenated alkanes) is 4. The van der Waals surface area contributed by atoms with E-state index in [9.17, 15) is 14.7 Å². The maximum atomic E-state index is 12.6. The van der Waals surface area contributed by atoms with Crippen molar-refractivity contribution in [3.05, 3.63) is 11.6 Å². The molecule has 3 fully saturated rings. The summed E-state index contributed by atoms with van der Waals surface area (Å²) >= 11 is 0. The molecule has 4 heteroatoms. The molecule has 0 amide bonds. The zero-order valence-electron chi connectivity index (χ0n) is 19.8. The zero-order valence-corrected chi connectivity index (χ0v) is 19.8. The molecule has 0 heterocycles. The molecule has 4 aliphatic rings. The Bertz CT molecular complexity index is 727. The van der Waals surface area contributed by atoms with Gasteiger partial charge in [-0.15, -0.1) is 0 Å². The number of hydrogen-bond acceptors (Lipinski definition) is 4. The van der Waals surface area contributed by atoms with Crippen molar-refractivity contribution in [1.29, 1.82) is 0 Å². The lowest BCUT2D eigenvalue weighted by molar-refractivity contribution is -0.164. The highest BCUT2D eigenvalue weighted by Gasteiger charge is 2.62. The van der Waals surface area contributed by atoms with Gasteiger partial charge < -0.3 is 9.84 Å². The predicted octanol–water partition coefficient (Wildman–Crippen LogP) is 5.76. The molecule has 0 aromatic rings. The standard InChI is InChI=1S/C27H42O4/c1-4-5-6-7-8-9-24(30)31-23-11-10-20-25-21(13-15-27(20,23)3)26(2)14-12-19(28)16-18(26)17-22(25)29/h16,20-23,25,29H,4-15,17H2,1-3H3/t20-,21-,22-,23-,25-,26-,27-/m0/s1. The smallest absolute Gasteiger partial charge is 0.306 e. The molecule has 4 nitrogen and oxygen atoms in total. The third-order valence-electron chi connectivity index (χ3n) is 9.66. The molecule has 0 bridgehead atoms. The van der Waals surface area contributed by atoms with Crippen LogP contribution < -0.4 is 0 Å². The highest BCUT2D eigenvalue weighted by atomic mass is 16.5. The fourth-order valence-electron chi connectivity index (χ4n) is 7.76. The first-order chi connectivity index (χ1) is 14.8. The van der Waals surface area contributed by atoms with Crippen LogP contribution in [0.2, 0.25) is 0 Å². The number of carbonyl (C=O) groups excluding carboxylic acids is 2. The molecule has 0 saturated heterocycles. The summed E-state index contributed by atoms with van der Waals surface area (Å²) in [5, 5.41) is 11.2. The van der Waals surface area contributed by atoms with E-state index in [0.717, 1.165) is 44.9 Å². The molecular weight excluding hydrogens is 388 g/mol. The van der Waals surface area contributed by atoms with Crippen molar-refractivity contribution in [2.45, 2.75) is 116 Å². The highest BCUT2D eigenvalue weighted by molar-refractivity contribution is 5.91. The van der Waals surface area contributed by atoms with Crippen LogP contribution in [0.25, 0.3) is 0 Å². The molecule has 174 valence electrons. The van der Waals surface area contributed by atoms with E-state index in [2.05, 4.69) is 20.8 Å². The van der Waals surface area contributed by atoms with Crippen LogP contribution in [-0.4, -0.2) is 29.1 Å². The highest BCUT2D eigenvalue weighted by Crippen LogP contribution is 2.65. The van der Waals surface area contributed by atoms with Gasteiger partial charge in [-0.1, -0.05) is 52.0 Å². The number of ketones is 1. The number of hydrogen-bond donors (Lipinski definition) is 1. The first-order valence-corrected chi connectivity index (χ1v) is 12.9. The molecule has 1 N–H and O–H groups in total. The van der Waals surface area contributed by atoms with Gasteiger partial charge in [-0.3, -0.25) is 9.59 Å². The lowest BCUT2D eigenvalue weighted by atomic mass is 9.46. The Morgan fingerprint density at radius 3 is 2.65 bits per heavy atom. The number of esters is 1. The van der Waals surface area contributed by atoms with Crippen LogP contribution in [0.5, 0.6) is 0 Å². The minimum atomic E-state index is -0.382. The van der Waals surface area contributed by atoms with Gasteiger partial charge in [-0.05, 0) is 74.2 Å². The third-order valence-corrected chi connectivity index (χ3v) is 9.66. The zero-order chi connectivity index (χ0) is 22.2. The van der Waals surface area contributed by atoms with Gasteiger partial charge in [-0.25, -0.2) is 0 Å². The predicted molar refractivity (Wildman–Crippen MR) is 121 cm³/mol. The van der Waals surface area contributed by atoms with Crippen molar-refractivity contribution in [2.75, 3.05) is 0 Å². The van der Waals surface area contributed by atoms with Crippen LogP contribution >= 0.6 is 0 Å². The van der Waals surface area contributed by atoms with Gasteiger partial charge in [0, 0.05) is 18.3 Å². The summed E-state index contributed by atoms with van der Waals surface area (Å²) < 4.78 is 6.07. The Kier molecular flexibility index (Phi) is 6.68. The quantitative estimate of drug-likeness (QED) is 0.412. The Morgan fingerprint density at radius 2 is 1.87 bits per heavy atom. The normalized spacial score (nSPS) is 41.7. The third kappa shape index (κ3) is 4.14. The summed E-state index contributed by atoms with van der Waals surface area (Å²) in [7, 11) is 0. The second kappa shape index (κ2) is 9.00. The van der Waals surface area contributed by atoms with E-state index in [1.54, 1.807) is 0 Å². The van der Waals surface area contributed by atoms with Crippen LogP contribution in [0.15, 0.2) is 11.6 Å². The van der Waals surface area contributed by atoms with Crippen molar-refractivity contribution in [2.24, 2.45) is 28.6 Å². The van der Waals surface area contributed by atoms with Gasteiger partial charge in [0.25, 0.3) is 0 Å². The molecule has 0 aromatic heterocycles. The van der Waals surface area contributed by atoms with E-state index in [1.807, 2.05) is 6.08 Å². The van der Waals surface area contributed by atoms with Gasteiger partial charge in [-0.2, -0.15) is 0 Å². The average Bonchev–Trinajstić information content (AvgIpc) is 3.05. The summed E-state index contributed by atoms with van der Waals surface area (Å²) in [4.78, 5) is 24.6. The summed E-state index contributed by atoms with van der Waals surface area (Å²) in [6.07, 6.45) is 14.0. The Balaban J connectivity index is 1.43. The van der Waals surface area contributed by atoms with E-state index in [-0.39, 0.29) is 40.7 Å². The molecule has 7 atom stereocenters. The lowest BCUT2D eigenvalue weighted by Crippen LogP contribution is -2.56. The molecule has 0 aliphatic heterocycles. The lowest BCUT2D eigenvalue weighted by Gasteiger charge is -2.59. The van der Waals surface area contributed by atoms with Gasteiger partial charge in [0.15, 0.2) is 5.78 Å². The SMILES string of the molecule is CCCCCCCC(=O)O[C@H]1CC[C@H]2[C@@H]3[C@@H](O)CC4=CC(=O)CC[C@]4(C)[C@H]3CC[C@]12C. The number of aliphatic hydroxyl groups is 1. The van der Waals surface area contributed by atoms with Crippen molar-refractivity contribution >= 4 is 11.8 Å². The second-order valence-corrected chi connectivity index (χ2v) is 11.4. The largest absolute Gasteiger partial charge is 0.462 e. The summed E-state index contributed by atoms with van der Waals surface area (Å²) in [5.41, 5.74) is 1.21. The van der Waals surface area contributed by atoms with Crippen LogP contribution in [0, 0.1) is 28.6 Å². The van der Waals surface area contributed by atoms with Crippen LogP contribution in [-0.2, 0) is 14.3 Å². The number of ether oxygens (including phenoxy) is 1. The number of fused-ring (bicyclic) bond motifs is 5. The van der Waals surface area contributed by atoms with Gasteiger partial charge in [0.1, 0.15) is 6.10 Å². The molecule has 31 heavy (non-hydrogen) atoms. The molecule has 0 spiro atoms. The minimum absolute atomic E-state index is 0.00790. The average molecular weight is 431 g/mol. The molecule has 3 saturated carbocycles. The fourth-order valence-corrected chi connectivity index (χ4v) is 7.76. The van der Waals surface area contributed by atoms with Gasteiger partial charge in [0.05, 0.1) is 6.10 Å². The first kappa shape index (κ1) is 23.0. The first-order valence-electron chi connectivity index (χ1n) is 12.9. The summed E-state index contributed by atoms with van der Waals surface area (Å²) in [6.45, 7) is 6.85. The Morgan fingerprint density at radius 1 is 1.10 bits per heavy atom. The van der Waals surface area contributed by atoms with Crippen LogP contribution in [0.3, 0.4) is 0 Å². The Hall–Kier alpha value is -1.16. The van der Waals surface area contributed by atoms with E-state index in [0.29, 0.717) is 31.1 Å². The van der Waals surface area contributed by atoms with E-state index < -0.39 is 0 Å². The van der Waals surface area contributed by atoms with E-state index in [1.165, 1.54) is 24.8 Å².